The first-order valence-electron chi connectivity index (χ1n) is 5.33. The number of hydrogen-bond donors (Lipinski definition) is 1. The van der Waals surface area contributed by atoms with Crippen molar-refractivity contribution >= 4 is 22.6 Å². The van der Waals surface area contributed by atoms with Gasteiger partial charge in [-0.3, -0.25) is 0 Å². The Morgan fingerprint density at radius 1 is 1.27 bits per heavy atom. The molecule has 0 heterocycles. The second-order valence-electron chi connectivity index (χ2n) is 5.14. The highest BCUT2D eigenvalue weighted by Crippen LogP contribution is 2.29. The van der Waals surface area contributed by atoms with E-state index in [4.69, 9.17) is 0 Å². The van der Waals surface area contributed by atoms with Gasteiger partial charge >= 0.3 is 0 Å². The van der Waals surface area contributed by atoms with E-state index in [0.717, 1.165) is 22.0 Å². The lowest BCUT2D eigenvalue weighted by Crippen LogP contribution is -2.08. The van der Waals surface area contributed by atoms with Crippen molar-refractivity contribution in [3.05, 3.63) is 33.4 Å². The number of rotatable bonds is 3. The molecule has 0 spiro atoms. The Morgan fingerprint density at radius 2 is 1.87 bits per heavy atom. The third kappa shape index (κ3) is 4.51. The minimum absolute atomic E-state index is 0.293. The molecule has 1 atom stereocenters. The van der Waals surface area contributed by atoms with E-state index >= 15 is 0 Å². The smallest absolute Gasteiger partial charge is 0.0800 e. The monoisotopic (exact) mass is 318 g/mol. The molecule has 0 saturated heterocycles. The van der Waals surface area contributed by atoms with Crippen molar-refractivity contribution in [2.24, 2.45) is 5.41 Å². The minimum atomic E-state index is -0.322. The second kappa shape index (κ2) is 5.30. The predicted molar refractivity (Wildman–Crippen MR) is 72.8 cm³/mol. The molecule has 1 N–H and O–H groups in total. The highest BCUT2D eigenvalue weighted by atomic mass is 127. The molecule has 1 aromatic rings. The van der Waals surface area contributed by atoms with Crippen LogP contribution in [0, 0.1) is 8.99 Å². The summed E-state index contributed by atoms with van der Waals surface area (Å²) in [5.41, 5.74) is 1.35. The first kappa shape index (κ1) is 13.0. The van der Waals surface area contributed by atoms with Gasteiger partial charge < -0.3 is 5.11 Å². The largest absolute Gasteiger partial charge is 0.388 e. The summed E-state index contributed by atoms with van der Waals surface area (Å²) in [4.78, 5) is 0. The molecule has 1 nitrogen and oxygen atoms in total. The van der Waals surface area contributed by atoms with E-state index in [1.54, 1.807) is 0 Å². The molecule has 0 bridgehead atoms. The molecule has 0 aliphatic rings. The van der Waals surface area contributed by atoms with Crippen molar-refractivity contribution in [1.82, 2.24) is 0 Å². The summed E-state index contributed by atoms with van der Waals surface area (Å²) in [5, 5.41) is 10.1. The molecule has 1 rings (SSSR count). The predicted octanol–water partition coefficient (Wildman–Crippen LogP) is 4.15. The van der Waals surface area contributed by atoms with E-state index in [1.165, 1.54) is 0 Å². The number of halogens is 1. The van der Waals surface area contributed by atoms with Crippen LogP contribution in [0.5, 0.6) is 0 Å². The van der Waals surface area contributed by atoms with Crippen molar-refractivity contribution in [3.8, 4) is 0 Å². The van der Waals surface area contributed by atoms with Crippen LogP contribution in [-0.2, 0) is 0 Å². The van der Waals surface area contributed by atoms with Crippen molar-refractivity contribution < 1.29 is 5.11 Å². The summed E-state index contributed by atoms with van der Waals surface area (Å²) < 4.78 is 1.15. The quantitative estimate of drug-likeness (QED) is 0.830. The SMILES string of the molecule is CC(C)(C)CCC(O)c1ccccc1I. The van der Waals surface area contributed by atoms with Crippen LogP contribution in [0.1, 0.15) is 45.3 Å². The molecule has 2 heteroatoms. The van der Waals surface area contributed by atoms with Gasteiger partial charge in [-0.15, -0.1) is 0 Å². The van der Waals surface area contributed by atoms with Crippen molar-refractivity contribution in [3.63, 3.8) is 0 Å². The Hall–Kier alpha value is -0.0900. The highest BCUT2D eigenvalue weighted by Gasteiger charge is 2.15. The van der Waals surface area contributed by atoms with Gasteiger partial charge in [-0.1, -0.05) is 39.0 Å². The molecular weight excluding hydrogens is 299 g/mol. The molecule has 1 aromatic carbocycles. The van der Waals surface area contributed by atoms with Crippen LogP contribution in [0.3, 0.4) is 0 Å². The van der Waals surface area contributed by atoms with Crippen LogP contribution in [0.4, 0.5) is 0 Å². The summed E-state index contributed by atoms with van der Waals surface area (Å²) in [6.45, 7) is 6.61. The standard InChI is InChI=1S/C13H19IO/c1-13(2,3)9-8-12(15)10-6-4-5-7-11(10)14/h4-7,12,15H,8-9H2,1-3H3. The van der Waals surface area contributed by atoms with Gasteiger partial charge in [-0.2, -0.15) is 0 Å². The van der Waals surface area contributed by atoms with E-state index in [1.807, 2.05) is 24.3 Å². The second-order valence-corrected chi connectivity index (χ2v) is 6.30. The Kier molecular flexibility index (Phi) is 4.59. The normalized spacial score (nSPS) is 13.9. The Bertz CT molecular complexity index is 315. The van der Waals surface area contributed by atoms with Crippen LogP contribution >= 0.6 is 22.6 Å². The van der Waals surface area contributed by atoms with Crippen LogP contribution < -0.4 is 0 Å². The zero-order chi connectivity index (χ0) is 11.5. The number of aliphatic hydroxyl groups excluding tert-OH is 1. The number of hydrogen-bond acceptors (Lipinski definition) is 1. The maximum absolute atomic E-state index is 10.1. The zero-order valence-electron chi connectivity index (χ0n) is 9.63. The molecule has 0 aromatic heterocycles. The van der Waals surface area contributed by atoms with Gasteiger partial charge in [-0.25, -0.2) is 0 Å². The maximum atomic E-state index is 10.1. The number of benzene rings is 1. The summed E-state index contributed by atoms with van der Waals surface area (Å²) in [6.07, 6.45) is 1.56. The lowest BCUT2D eigenvalue weighted by molar-refractivity contribution is 0.147. The van der Waals surface area contributed by atoms with Crippen molar-refractivity contribution in [1.29, 1.82) is 0 Å². The molecule has 15 heavy (non-hydrogen) atoms. The van der Waals surface area contributed by atoms with Gasteiger partial charge in [0.2, 0.25) is 0 Å². The van der Waals surface area contributed by atoms with Crippen LogP contribution in [-0.4, -0.2) is 5.11 Å². The average molecular weight is 318 g/mol. The van der Waals surface area contributed by atoms with Gasteiger partial charge in [0.15, 0.2) is 0 Å². The molecule has 0 saturated carbocycles. The molecular formula is C13H19IO. The van der Waals surface area contributed by atoms with E-state index in [0.29, 0.717) is 5.41 Å². The van der Waals surface area contributed by atoms with E-state index in [-0.39, 0.29) is 6.10 Å². The van der Waals surface area contributed by atoms with E-state index < -0.39 is 0 Å². The highest BCUT2D eigenvalue weighted by molar-refractivity contribution is 14.1. The van der Waals surface area contributed by atoms with Crippen molar-refractivity contribution in [2.45, 2.75) is 39.7 Å². The van der Waals surface area contributed by atoms with Gasteiger partial charge in [0.25, 0.3) is 0 Å². The summed E-state index contributed by atoms with van der Waals surface area (Å²) >= 11 is 2.28. The molecule has 1 unspecified atom stereocenters. The van der Waals surface area contributed by atoms with E-state index in [2.05, 4.69) is 43.4 Å². The topological polar surface area (TPSA) is 20.2 Å². The van der Waals surface area contributed by atoms with Crippen LogP contribution in [0.2, 0.25) is 0 Å². The average Bonchev–Trinajstić information content (AvgIpc) is 2.14. The molecule has 0 fully saturated rings. The Balaban J connectivity index is 2.62. The number of aliphatic hydroxyl groups is 1. The fourth-order valence-electron chi connectivity index (χ4n) is 1.47. The lowest BCUT2D eigenvalue weighted by Gasteiger charge is -2.21. The fourth-order valence-corrected chi connectivity index (χ4v) is 2.22. The third-order valence-electron chi connectivity index (χ3n) is 2.43. The van der Waals surface area contributed by atoms with Gasteiger partial charge in [-0.05, 0) is 52.5 Å². The maximum Gasteiger partial charge on any atom is 0.0800 e. The molecule has 0 radical (unpaired) electrons. The first-order chi connectivity index (χ1) is 6.90. The summed E-state index contributed by atoms with van der Waals surface area (Å²) in [6, 6.07) is 8.03. The third-order valence-corrected chi connectivity index (χ3v) is 3.41. The van der Waals surface area contributed by atoms with Gasteiger partial charge in [0, 0.05) is 3.57 Å². The summed E-state index contributed by atoms with van der Waals surface area (Å²) in [5.74, 6) is 0. The molecule has 84 valence electrons. The van der Waals surface area contributed by atoms with E-state index in [9.17, 15) is 5.11 Å². The first-order valence-corrected chi connectivity index (χ1v) is 6.40. The fraction of sp³-hybridized carbons (Fsp3) is 0.538. The van der Waals surface area contributed by atoms with Gasteiger partial charge in [0.05, 0.1) is 6.10 Å². The Labute approximate surface area is 106 Å². The molecule has 0 aliphatic carbocycles. The molecule has 0 amide bonds. The lowest BCUT2D eigenvalue weighted by atomic mass is 9.88. The minimum Gasteiger partial charge on any atom is -0.388 e. The van der Waals surface area contributed by atoms with Crippen molar-refractivity contribution in [2.75, 3.05) is 0 Å². The van der Waals surface area contributed by atoms with Crippen LogP contribution in [0.25, 0.3) is 0 Å². The molecule has 0 aliphatic heterocycles. The zero-order valence-corrected chi connectivity index (χ0v) is 11.8. The van der Waals surface area contributed by atoms with Crippen LogP contribution in [0.15, 0.2) is 24.3 Å². The Morgan fingerprint density at radius 3 is 2.40 bits per heavy atom. The summed E-state index contributed by atoms with van der Waals surface area (Å²) in [7, 11) is 0. The van der Waals surface area contributed by atoms with Gasteiger partial charge in [0.1, 0.15) is 0 Å².